The van der Waals surface area contributed by atoms with Gasteiger partial charge in [0.25, 0.3) is 5.91 Å². The highest BCUT2D eigenvalue weighted by molar-refractivity contribution is 5.97. The lowest BCUT2D eigenvalue weighted by molar-refractivity contribution is 0.0944. The van der Waals surface area contributed by atoms with E-state index >= 15 is 0 Å². The first-order chi connectivity index (χ1) is 14.2. The van der Waals surface area contributed by atoms with Crippen molar-refractivity contribution in [3.63, 3.8) is 0 Å². The van der Waals surface area contributed by atoms with Crippen LogP contribution in [-0.2, 0) is 6.54 Å². The number of carbonyl (C=O) groups excluding carboxylic acids is 1. The second-order valence-electron chi connectivity index (χ2n) is 6.17. The number of hydrogen-bond donors (Lipinski definition) is 1. The standard InChI is InChI=1S/C22H17FN2O4/c1-27-19-10-4-6-14-12-16(21(26)24-13-15-7-5-11-28-15)22(29-20(14)19)25-18-9-3-2-8-17(18)23/h2-12H,13H2,1H3,(H,24,26). The second-order valence-corrected chi connectivity index (χ2v) is 6.17. The summed E-state index contributed by atoms with van der Waals surface area (Å²) in [4.78, 5) is 17.1. The normalized spacial score (nSPS) is 11.6. The van der Waals surface area contributed by atoms with Gasteiger partial charge in [0.1, 0.15) is 22.8 Å². The fourth-order valence-electron chi connectivity index (χ4n) is 2.86. The summed E-state index contributed by atoms with van der Waals surface area (Å²) >= 11 is 0. The van der Waals surface area contributed by atoms with Gasteiger partial charge in [-0.2, -0.15) is 0 Å². The summed E-state index contributed by atoms with van der Waals surface area (Å²) in [7, 11) is 1.52. The Morgan fingerprint density at radius 2 is 2.00 bits per heavy atom. The zero-order valence-electron chi connectivity index (χ0n) is 15.5. The number of nitrogens with zero attached hydrogens (tertiary/aromatic N) is 1. The van der Waals surface area contributed by atoms with Crippen LogP contribution in [0.25, 0.3) is 11.0 Å². The molecule has 0 unspecified atom stereocenters. The molecule has 0 radical (unpaired) electrons. The third kappa shape index (κ3) is 3.89. The van der Waals surface area contributed by atoms with Crippen LogP contribution in [0.3, 0.4) is 0 Å². The number of furan rings is 1. The zero-order chi connectivity index (χ0) is 20.2. The number of benzene rings is 2. The summed E-state index contributed by atoms with van der Waals surface area (Å²) in [5.74, 6) is 0.134. The molecule has 0 saturated carbocycles. The molecule has 1 N–H and O–H groups in total. The van der Waals surface area contributed by atoms with Crippen molar-refractivity contribution in [3.05, 3.63) is 89.6 Å². The van der Waals surface area contributed by atoms with Crippen LogP contribution in [0.5, 0.6) is 5.75 Å². The van der Waals surface area contributed by atoms with Crippen molar-refractivity contribution in [2.45, 2.75) is 6.54 Å². The largest absolute Gasteiger partial charge is 0.493 e. The fourth-order valence-corrected chi connectivity index (χ4v) is 2.86. The third-order valence-corrected chi connectivity index (χ3v) is 4.28. The first-order valence-corrected chi connectivity index (χ1v) is 8.86. The van der Waals surface area contributed by atoms with Crippen molar-refractivity contribution in [3.8, 4) is 5.75 Å². The van der Waals surface area contributed by atoms with Gasteiger partial charge in [0.15, 0.2) is 11.3 Å². The topological polar surface area (TPSA) is 77.0 Å². The van der Waals surface area contributed by atoms with Crippen LogP contribution in [0.1, 0.15) is 16.1 Å². The van der Waals surface area contributed by atoms with Crippen LogP contribution >= 0.6 is 0 Å². The van der Waals surface area contributed by atoms with E-state index < -0.39 is 11.7 Å². The summed E-state index contributed by atoms with van der Waals surface area (Å²) in [6, 6.07) is 16.4. The summed E-state index contributed by atoms with van der Waals surface area (Å²) in [5, 5.41) is 3.41. The molecule has 6 nitrogen and oxygen atoms in total. The maximum Gasteiger partial charge on any atom is 0.257 e. The number of halogens is 1. The zero-order valence-corrected chi connectivity index (χ0v) is 15.5. The van der Waals surface area contributed by atoms with Gasteiger partial charge in [0.2, 0.25) is 5.55 Å². The molecular formula is C22H17FN2O4. The van der Waals surface area contributed by atoms with Gasteiger partial charge in [-0.25, -0.2) is 9.38 Å². The van der Waals surface area contributed by atoms with Crippen LogP contribution in [0.15, 0.2) is 80.8 Å². The molecule has 0 fully saturated rings. The second kappa shape index (κ2) is 8.02. The molecule has 29 heavy (non-hydrogen) atoms. The van der Waals surface area contributed by atoms with Gasteiger partial charge in [-0.3, -0.25) is 4.79 Å². The minimum absolute atomic E-state index is 0.0240. The number of nitrogens with one attached hydrogen (secondary N) is 1. The number of para-hydroxylation sites is 2. The van der Waals surface area contributed by atoms with E-state index in [1.807, 2.05) is 0 Å². The van der Waals surface area contributed by atoms with E-state index in [0.717, 1.165) is 0 Å². The monoisotopic (exact) mass is 392 g/mol. The van der Waals surface area contributed by atoms with Crippen molar-refractivity contribution in [2.75, 3.05) is 7.11 Å². The number of hydrogen-bond acceptors (Lipinski definition) is 5. The maximum absolute atomic E-state index is 14.1. The molecule has 4 aromatic rings. The Labute approximate surface area is 165 Å². The molecule has 0 aliphatic carbocycles. The summed E-state index contributed by atoms with van der Waals surface area (Å²) in [6.07, 6.45) is 1.53. The Hall–Kier alpha value is -3.87. The van der Waals surface area contributed by atoms with Crippen LogP contribution in [0.2, 0.25) is 0 Å². The maximum atomic E-state index is 14.1. The van der Waals surface area contributed by atoms with E-state index in [9.17, 15) is 9.18 Å². The number of fused-ring (bicyclic) bond motifs is 1. The predicted octanol–water partition coefficient (Wildman–Crippen LogP) is 4.34. The lowest BCUT2D eigenvalue weighted by Crippen LogP contribution is -2.28. The Kier molecular flexibility index (Phi) is 5.11. The van der Waals surface area contributed by atoms with Crippen molar-refractivity contribution in [1.82, 2.24) is 5.32 Å². The Bertz CT molecular complexity index is 1230. The molecular weight excluding hydrogens is 375 g/mol. The van der Waals surface area contributed by atoms with E-state index in [4.69, 9.17) is 13.6 Å². The van der Waals surface area contributed by atoms with Crippen LogP contribution in [0, 0.1) is 5.82 Å². The lowest BCUT2D eigenvalue weighted by atomic mass is 10.1. The number of rotatable bonds is 5. The Balaban J connectivity index is 1.84. The van der Waals surface area contributed by atoms with Crippen molar-refractivity contribution in [2.24, 2.45) is 4.99 Å². The van der Waals surface area contributed by atoms with Crippen LogP contribution in [0.4, 0.5) is 10.1 Å². The van der Waals surface area contributed by atoms with E-state index in [1.165, 1.54) is 25.5 Å². The molecule has 2 aromatic heterocycles. The molecule has 1 amide bonds. The van der Waals surface area contributed by atoms with Gasteiger partial charge in [-0.15, -0.1) is 0 Å². The molecule has 7 heteroatoms. The van der Waals surface area contributed by atoms with Gasteiger partial charge in [0.05, 0.1) is 19.9 Å². The molecule has 2 aromatic carbocycles. The summed E-state index contributed by atoms with van der Waals surface area (Å²) in [5.41, 5.74) is 0.614. The van der Waals surface area contributed by atoms with Gasteiger partial charge in [-0.05, 0) is 36.4 Å². The molecule has 0 aliphatic rings. The van der Waals surface area contributed by atoms with Gasteiger partial charge < -0.3 is 18.9 Å². The molecule has 146 valence electrons. The summed E-state index contributed by atoms with van der Waals surface area (Å²) in [6.45, 7) is 0.196. The van der Waals surface area contributed by atoms with Crippen LogP contribution < -0.4 is 15.6 Å². The average Bonchev–Trinajstić information content (AvgIpc) is 3.26. The average molecular weight is 392 g/mol. The van der Waals surface area contributed by atoms with E-state index in [0.29, 0.717) is 22.5 Å². The molecule has 0 bridgehead atoms. The first-order valence-electron chi connectivity index (χ1n) is 8.86. The molecule has 4 rings (SSSR count). The molecule has 0 spiro atoms. The Morgan fingerprint density at radius 3 is 2.76 bits per heavy atom. The fraction of sp³-hybridized carbons (Fsp3) is 0.0909. The molecule has 0 aliphatic heterocycles. The third-order valence-electron chi connectivity index (χ3n) is 4.28. The van der Waals surface area contributed by atoms with Crippen molar-refractivity contribution < 1.29 is 22.8 Å². The van der Waals surface area contributed by atoms with Crippen LogP contribution in [-0.4, -0.2) is 13.0 Å². The first kappa shape index (κ1) is 18.5. The van der Waals surface area contributed by atoms with Gasteiger partial charge in [-0.1, -0.05) is 24.3 Å². The van der Waals surface area contributed by atoms with E-state index in [1.54, 1.807) is 48.5 Å². The number of methoxy groups -OCH3 is 1. The summed E-state index contributed by atoms with van der Waals surface area (Å²) < 4.78 is 30.6. The van der Waals surface area contributed by atoms with E-state index in [-0.39, 0.29) is 23.3 Å². The minimum atomic E-state index is -0.523. The van der Waals surface area contributed by atoms with Crippen molar-refractivity contribution in [1.29, 1.82) is 0 Å². The van der Waals surface area contributed by atoms with E-state index in [2.05, 4.69) is 10.3 Å². The molecule has 2 heterocycles. The predicted molar refractivity (Wildman–Crippen MR) is 104 cm³/mol. The number of amides is 1. The molecule has 0 atom stereocenters. The quantitative estimate of drug-likeness (QED) is 0.548. The minimum Gasteiger partial charge on any atom is -0.493 e. The highest BCUT2D eigenvalue weighted by atomic mass is 19.1. The SMILES string of the molecule is COc1cccc2cc(C(=O)NCc3ccco3)c(=Nc3ccccc3F)oc12. The smallest absolute Gasteiger partial charge is 0.257 e. The Morgan fingerprint density at radius 1 is 1.14 bits per heavy atom. The van der Waals surface area contributed by atoms with Crippen molar-refractivity contribution >= 4 is 22.6 Å². The number of carbonyl (C=O) groups is 1. The highest BCUT2D eigenvalue weighted by Crippen LogP contribution is 2.25. The lowest BCUT2D eigenvalue weighted by Gasteiger charge is -2.08. The number of ether oxygens (including phenoxy) is 1. The highest BCUT2D eigenvalue weighted by Gasteiger charge is 2.15. The van der Waals surface area contributed by atoms with Gasteiger partial charge in [0, 0.05) is 5.39 Å². The molecule has 0 saturated heterocycles. The van der Waals surface area contributed by atoms with Gasteiger partial charge >= 0.3 is 0 Å².